The van der Waals surface area contributed by atoms with Crippen LogP contribution in [-0.2, 0) is 23.9 Å². The number of amides is 3. The lowest BCUT2D eigenvalue weighted by Crippen LogP contribution is -2.56. The third-order valence-corrected chi connectivity index (χ3v) is 7.57. The van der Waals surface area contributed by atoms with Gasteiger partial charge in [-0.15, -0.1) is 0 Å². The van der Waals surface area contributed by atoms with E-state index in [-0.39, 0.29) is 30.9 Å². The zero-order valence-corrected chi connectivity index (χ0v) is 19.0. The van der Waals surface area contributed by atoms with Crippen LogP contribution in [0.15, 0.2) is 24.3 Å². The number of likely N-dealkylation sites (N-methyl/N-ethyl adjacent to an activating group) is 1. The van der Waals surface area contributed by atoms with Crippen LogP contribution in [0, 0.1) is 11.8 Å². The van der Waals surface area contributed by atoms with Crippen LogP contribution in [-0.4, -0.2) is 133 Å². The van der Waals surface area contributed by atoms with Gasteiger partial charge in [0.25, 0.3) is 0 Å². The highest BCUT2D eigenvalue weighted by atomic mass is 16.5. The highest BCUT2D eigenvalue weighted by molar-refractivity contribution is 5.99. The van der Waals surface area contributed by atoms with Gasteiger partial charge in [-0.3, -0.25) is 19.3 Å². The molecule has 33 heavy (non-hydrogen) atoms. The Labute approximate surface area is 193 Å². The molecule has 180 valence electrons. The lowest BCUT2D eigenvalue weighted by molar-refractivity contribution is -0.148. The van der Waals surface area contributed by atoms with Gasteiger partial charge in [0.1, 0.15) is 11.6 Å². The van der Waals surface area contributed by atoms with Gasteiger partial charge in [-0.05, 0) is 0 Å². The zero-order chi connectivity index (χ0) is 23.2. The second-order valence-electron chi connectivity index (χ2n) is 9.38. The molecule has 0 saturated carbocycles. The third-order valence-electron chi connectivity index (χ3n) is 7.57. The summed E-state index contributed by atoms with van der Waals surface area (Å²) >= 11 is 0. The van der Waals surface area contributed by atoms with Gasteiger partial charge in [0.2, 0.25) is 17.7 Å². The first kappa shape index (κ1) is 22.5. The molecule has 0 radical (unpaired) electrons. The lowest BCUT2D eigenvalue weighted by atomic mass is 9.77. The summed E-state index contributed by atoms with van der Waals surface area (Å²) in [5.74, 6) is -2.13. The van der Waals surface area contributed by atoms with Crippen LogP contribution in [0.2, 0.25) is 0 Å². The average Bonchev–Trinajstić information content (AvgIpc) is 3.13. The average molecular weight is 461 g/mol. The fourth-order valence-electron chi connectivity index (χ4n) is 5.95. The first-order valence-electron chi connectivity index (χ1n) is 11.8. The van der Waals surface area contributed by atoms with Gasteiger partial charge >= 0.3 is 0 Å². The Bertz CT molecular complexity index is 871. The van der Waals surface area contributed by atoms with Crippen LogP contribution < -0.4 is 0 Å². The van der Waals surface area contributed by atoms with E-state index in [0.717, 1.165) is 19.6 Å². The Kier molecular flexibility index (Phi) is 6.02. The van der Waals surface area contributed by atoms with Gasteiger partial charge in [0.15, 0.2) is 0 Å². The fourth-order valence-corrected chi connectivity index (χ4v) is 5.95. The van der Waals surface area contributed by atoms with Gasteiger partial charge in [-0.25, -0.2) is 0 Å². The molecule has 0 aliphatic carbocycles. The molecule has 1 spiro atoms. The normalized spacial score (nSPS) is 36.7. The minimum absolute atomic E-state index is 0.0270. The number of aliphatic hydroxyl groups excluding tert-OH is 1. The van der Waals surface area contributed by atoms with Crippen molar-refractivity contribution >= 4 is 17.7 Å². The largest absolute Gasteiger partial charge is 0.395 e. The number of carbonyl (C=O) groups excluding carboxylic acids is 3. The number of nitrogens with zero attached hydrogens (tertiary/aromatic N) is 4. The maximum absolute atomic E-state index is 13.9. The number of carbonyl (C=O) groups is 3. The Morgan fingerprint density at radius 2 is 1.82 bits per heavy atom. The van der Waals surface area contributed by atoms with E-state index in [1.807, 2.05) is 24.3 Å². The summed E-state index contributed by atoms with van der Waals surface area (Å²) in [7, 11) is 1.71. The van der Waals surface area contributed by atoms with E-state index in [0.29, 0.717) is 32.8 Å². The number of likely N-dealkylation sites (tertiary alicyclic amines) is 1. The van der Waals surface area contributed by atoms with Crippen molar-refractivity contribution < 1.29 is 29.0 Å². The molecule has 0 aromatic carbocycles. The van der Waals surface area contributed by atoms with Crippen molar-refractivity contribution in [3.05, 3.63) is 24.3 Å². The first-order valence-corrected chi connectivity index (χ1v) is 11.8. The zero-order valence-electron chi connectivity index (χ0n) is 19.0. The molecule has 3 amide bonds. The van der Waals surface area contributed by atoms with Crippen LogP contribution in [0.4, 0.5) is 0 Å². The van der Waals surface area contributed by atoms with E-state index in [1.54, 1.807) is 16.8 Å². The monoisotopic (exact) mass is 460 g/mol. The van der Waals surface area contributed by atoms with Crippen LogP contribution in [0.1, 0.15) is 0 Å². The Balaban J connectivity index is 1.46. The molecule has 1 unspecified atom stereocenters. The number of β-amino-alcohol motifs (C(OH)–C–C–N with tert-alkyl or cyclic N) is 1. The second kappa shape index (κ2) is 8.83. The molecule has 5 aliphatic rings. The van der Waals surface area contributed by atoms with Crippen molar-refractivity contribution in [3.8, 4) is 0 Å². The number of fused-ring (bicyclic) bond motifs is 2. The van der Waals surface area contributed by atoms with Gasteiger partial charge in [-0.2, -0.15) is 0 Å². The molecule has 5 aliphatic heterocycles. The summed E-state index contributed by atoms with van der Waals surface area (Å²) in [6.07, 6.45) is 6.89. The molecule has 5 rings (SSSR count). The van der Waals surface area contributed by atoms with Crippen LogP contribution in [0.25, 0.3) is 0 Å². The molecule has 5 atom stereocenters. The highest BCUT2D eigenvalue weighted by Gasteiger charge is 2.71. The van der Waals surface area contributed by atoms with Crippen molar-refractivity contribution in [2.75, 3.05) is 72.7 Å². The minimum Gasteiger partial charge on any atom is -0.395 e. The van der Waals surface area contributed by atoms with Crippen molar-refractivity contribution in [3.63, 3.8) is 0 Å². The van der Waals surface area contributed by atoms with Gasteiger partial charge in [-0.1, -0.05) is 24.3 Å². The fraction of sp³-hybridized carbons (Fsp3) is 0.696. The molecule has 0 aromatic heterocycles. The smallest absolute Gasteiger partial charge is 0.249 e. The summed E-state index contributed by atoms with van der Waals surface area (Å²) in [5, 5.41) is 9.68. The predicted octanol–water partition coefficient (Wildman–Crippen LogP) is -1.68. The first-order chi connectivity index (χ1) is 16.0. The predicted molar refractivity (Wildman–Crippen MR) is 117 cm³/mol. The molecule has 0 aromatic rings. The van der Waals surface area contributed by atoms with E-state index in [4.69, 9.17) is 9.47 Å². The summed E-state index contributed by atoms with van der Waals surface area (Å²) < 4.78 is 11.9. The van der Waals surface area contributed by atoms with Gasteiger partial charge < -0.3 is 29.3 Å². The van der Waals surface area contributed by atoms with E-state index in [1.165, 1.54) is 4.90 Å². The topological polar surface area (TPSA) is 103 Å². The molecule has 0 bridgehead atoms. The number of hydrogen-bond donors (Lipinski definition) is 1. The standard InChI is InChI=1S/C23H32N4O6/c1-24-6-2-4-16-17(20(24)29)18-21(30)27(10-13-28)19-22(31)26(7-3-5-23(18,19)33-16)9-8-25-11-14-32-15-12-25/h2-5,16-19,28H,6-15H2,1H3/t16-,17+,18+,19?,23+/m1/s1. The maximum Gasteiger partial charge on any atom is 0.249 e. The molecular formula is C23H32N4O6. The molecule has 10 heteroatoms. The summed E-state index contributed by atoms with van der Waals surface area (Å²) in [6.45, 7) is 4.91. The Hall–Kier alpha value is -2.27. The maximum atomic E-state index is 13.9. The van der Waals surface area contributed by atoms with Crippen LogP contribution >= 0.6 is 0 Å². The summed E-state index contributed by atoms with van der Waals surface area (Å²) in [6, 6.07) is -0.899. The number of morpholine rings is 1. The van der Waals surface area contributed by atoms with Crippen molar-refractivity contribution in [2.24, 2.45) is 11.8 Å². The molecule has 10 nitrogen and oxygen atoms in total. The molecule has 3 fully saturated rings. The summed E-state index contributed by atoms with van der Waals surface area (Å²) in [5.41, 5.74) is -1.22. The molecular weight excluding hydrogens is 428 g/mol. The lowest BCUT2D eigenvalue weighted by Gasteiger charge is -2.36. The number of rotatable bonds is 5. The SMILES string of the molecule is CN1CC=C[C@H]2O[C@]34C=CCN(CCN5CCOCC5)C(=O)C3N(CCO)C(=O)[C@@H]4[C@H]2C1=O. The van der Waals surface area contributed by atoms with Gasteiger partial charge in [0, 0.05) is 52.9 Å². The van der Waals surface area contributed by atoms with Crippen molar-refractivity contribution in [1.29, 1.82) is 0 Å². The minimum atomic E-state index is -1.22. The van der Waals surface area contributed by atoms with Crippen molar-refractivity contribution in [1.82, 2.24) is 19.6 Å². The van der Waals surface area contributed by atoms with E-state index in [9.17, 15) is 19.5 Å². The molecule has 1 N–H and O–H groups in total. The van der Waals surface area contributed by atoms with E-state index >= 15 is 0 Å². The van der Waals surface area contributed by atoms with E-state index in [2.05, 4.69) is 4.90 Å². The highest BCUT2D eigenvalue weighted by Crippen LogP contribution is 2.53. The Morgan fingerprint density at radius 3 is 2.58 bits per heavy atom. The van der Waals surface area contributed by atoms with Crippen molar-refractivity contribution in [2.45, 2.75) is 17.7 Å². The Morgan fingerprint density at radius 1 is 1.03 bits per heavy atom. The third kappa shape index (κ3) is 3.60. The number of hydrogen-bond acceptors (Lipinski definition) is 7. The van der Waals surface area contributed by atoms with Crippen LogP contribution in [0.3, 0.4) is 0 Å². The molecule has 5 heterocycles. The number of ether oxygens (including phenoxy) is 2. The van der Waals surface area contributed by atoms with Crippen LogP contribution in [0.5, 0.6) is 0 Å². The molecule has 3 saturated heterocycles. The summed E-state index contributed by atoms with van der Waals surface area (Å²) in [4.78, 5) is 47.8. The van der Waals surface area contributed by atoms with Gasteiger partial charge in [0.05, 0.1) is 37.8 Å². The van der Waals surface area contributed by atoms with E-state index < -0.39 is 29.6 Å². The second-order valence-corrected chi connectivity index (χ2v) is 9.38. The number of aliphatic hydroxyl groups is 1. The quantitative estimate of drug-likeness (QED) is 0.489.